The van der Waals surface area contributed by atoms with Crippen molar-refractivity contribution in [2.45, 2.75) is 58.1 Å². The van der Waals surface area contributed by atoms with E-state index >= 15 is 0 Å². The summed E-state index contributed by atoms with van der Waals surface area (Å²) in [7, 11) is 0. The molecule has 232 valence electrons. The van der Waals surface area contributed by atoms with Crippen LogP contribution < -0.4 is 16.2 Å². The van der Waals surface area contributed by atoms with Crippen molar-refractivity contribution >= 4 is 23.1 Å². The Balaban J connectivity index is 1.13. The Morgan fingerprint density at radius 3 is 2.23 bits per heavy atom. The average Bonchev–Trinajstić information content (AvgIpc) is 3.31. The SMILES string of the molecule is CC(C)(C)OC(=O)N1CCC(CN2CCC(n3c(=O)n(-c4ccc(Oc5ccccc5)cc4)c4c(N)ncnc43)CC2)CC1. The van der Waals surface area contributed by atoms with Crippen LogP contribution in [0.15, 0.2) is 65.7 Å². The number of ether oxygens (including phenoxy) is 2. The van der Waals surface area contributed by atoms with Gasteiger partial charge in [-0.1, -0.05) is 18.2 Å². The van der Waals surface area contributed by atoms with E-state index in [2.05, 4.69) is 14.9 Å². The van der Waals surface area contributed by atoms with Crippen LogP contribution in [0.2, 0.25) is 0 Å². The van der Waals surface area contributed by atoms with E-state index in [0.29, 0.717) is 28.5 Å². The Kier molecular flexibility index (Phi) is 8.31. The molecule has 11 heteroatoms. The Morgan fingerprint density at radius 2 is 1.57 bits per heavy atom. The second kappa shape index (κ2) is 12.3. The molecule has 2 aliphatic rings. The number of anilines is 1. The van der Waals surface area contributed by atoms with Gasteiger partial charge in [0, 0.05) is 38.8 Å². The highest BCUT2D eigenvalue weighted by Crippen LogP contribution is 2.30. The number of piperidine rings is 2. The van der Waals surface area contributed by atoms with Gasteiger partial charge >= 0.3 is 11.8 Å². The highest BCUT2D eigenvalue weighted by Gasteiger charge is 2.31. The molecular weight excluding hydrogens is 558 g/mol. The van der Waals surface area contributed by atoms with Crippen molar-refractivity contribution in [1.29, 1.82) is 0 Å². The summed E-state index contributed by atoms with van der Waals surface area (Å²) >= 11 is 0. The maximum atomic E-state index is 14.0. The number of hydrogen-bond donors (Lipinski definition) is 1. The Labute approximate surface area is 257 Å². The number of amides is 1. The lowest BCUT2D eigenvalue weighted by Crippen LogP contribution is -2.45. The largest absolute Gasteiger partial charge is 0.457 e. The normalized spacial score (nSPS) is 17.2. The molecule has 0 atom stereocenters. The Hall–Kier alpha value is -4.38. The number of fused-ring (bicyclic) bond motifs is 1. The predicted octanol–water partition coefficient (Wildman–Crippen LogP) is 5.24. The summed E-state index contributed by atoms with van der Waals surface area (Å²) < 4.78 is 14.9. The van der Waals surface area contributed by atoms with Crippen LogP contribution >= 0.6 is 0 Å². The molecule has 4 heterocycles. The number of rotatable bonds is 6. The van der Waals surface area contributed by atoms with Gasteiger partial charge in [0.05, 0.1) is 5.69 Å². The molecule has 2 aromatic carbocycles. The van der Waals surface area contributed by atoms with Crippen LogP contribution in [0.3, 0.4) is 0 Å². The number of carbonyl (C=O) groups excluding carboxylic acids is 1. The monoisotopic (exact) mass is 599 g/mol. The Morgan fingerprint density at radius 1 is 0.909 bits per heavy atom. The average molecular weight is 600 g/mol. The summed E-state index contributed by atoms with van der Waals surface area (Å²) in [6.07, 6.45) is 4.82. The fourth-order valence-electron chi connectivity index (χ4n) is 6.27. The van der Waals surface area contributed by atoms with Crippen LogP contribution in [0.1, 0.15) is 52.5 Å². The molecule has 0 bridgehead atoms. The van der Waals surface area contributed by atoms with Crippen molar-refractivity contribution in [3.8, 4) is 17.2 Å². The first-order valence-corrected chi connectivity index (χ1v) is 15.4. The molecular formula is C33H41N7O4. The van der Waals surface area contributed by atoms with Crippen LogP contribution in [0.5, 0.6) is 11.5 Å². The van der Waals surface area contributed by atoms with Crippen LogP contribution in [0, 0.1) is 5.92 Å². The maximum absolute atomic E-state index is 14.0. The second-order valence-corrected chi connectivity index (χ2v) is 12.8. The molecule has 2 aliphatic heterocycles. The van der Waals surface area contributed by atoms with E-state index in [0.717, 1.165) is 64.2 Å². The lowest BCUT2D eigenvalue weighted by atomic mass is 9.95. The zero-order valence-electron chi connectivity index (χ0n) is 25.7. The fraction of sp³-hybridized carbons (Fsp3) is 0.455. The van der Waals surface area contributed by atoms with Crippen molar-refractivity contribution in [3.63, 3.8) is 0 Å². The minimum atomic E-state index is -0.480. The summed E-state index contributed by atoms with van der Waals surface area (Å²) in [4.78, 5) is 39.5. The maximum Gasteiger partial charge on any atom is 0.410 e. The van der Waals surface area contributed by atoms with Gasteiger partial charge in [0.25, 0.3) is 0 Å². The van der Waals surface area contributed by atoms with E-state index in [-0.39, 0.29) is 23.6 Å². The van der Waals surface area contributed by atoms with E-state index in [9.17, 15) is 9.59 Å². The van der Waals surface area contributed by atoms with Gasteiger partial charge in [0.15, 0.2) is 11.5 Å². The van der Waals surface area contributed by atoms with Crippen LogP contribution in [-0.4, -0.2) is 73.3 Å². The van der Waals surface area contributed by atoms with Crippen LogP contribution in [-0.2, 0) is 4.74 Å². The molecule has 0 radical (unpaired) electrons. The lowest BCUT2D eigenvalue weighted by Gasteiger charge is -2.38. The van der Waals surface area contributed by atoms with E-state index in [1.54, 1.807) is 9.13 Å². The molecule has 4 aromatic rings. The van der Waals surface area contributed by atoms with Gasteiger partial charge in [-0.25, -0.2) is 19.6 Å². The number of para-hydroxylation sites is 1. The molecule has 0 aliphatic carbocycles. The number of nitrogen functional groups attached to an aromatic ring is 1. The number of nitrogens with two attached hydrogens (primary N) is 1. The van der Waals surface area contributed by atoms with Crippen molar-refractivity contribution < 1.29 is 14.3 Å². The number of imidazole rings is 1. The van der Waals surface area contributed by atoms with Gasteiger partial charge in [-0.05, 0) is 88.8 Å². The zero-order valence-corrected chi connectivity index (χ0v) is 25.7. The molecule has 2 aromatic heterocycles. The van der Waals surface area contributed by atoms with Gasteiger partial charge in [-0.2, -0.15) is 0 Å². The highest BCUT2D eigenvalue weighted by molar-refractivity contribution is 5.84. The number of hydrogen-bond acceptors (Lipinski definition) is 8. The third kappa shape index (κ3) is 6.42. The lowest BCUT2D eigenvalue weighted by molar-refractivity contribution is 0.0164. The number of aromatic nitrogens is 4. The van der Waals surface area contributed by atoms with Gasteiger partial charge < -0.3 is 25.0 Å². The number of carbonyl (C=O) groups is 1. The fourth-order valence-corrected chi connectivity index (χ4v) is 6.27. The molecule has 2 fully saturated rings. The molecule has 1 amide bonds. The van der Waals surface area contributed by atoms with Crippen molar-refractivity contribution in [1.82, 2.24) is 28.9 Å². The standard InChI is InChI=1S/C33H41N7O4/c1-33(2,3)44-32(42)38-19-13-23(14-20-38)21-37-17-15-25(16-18-37)40-30-28(29(34)35-22-36-30)39(31(40)41)24-9-11-27(12-10-24)43-26-7-5-4-6-8-26/h4-12,22-23,25H,13-21H2,1-3H3,(H2,34,35,36). The summed E-state index contributed by atoms with van der Waals surface area (Å²) in [6.45, 7) is 9.93. The molecule has 0 spiro atoms. The predicted molar refractivity (Wildman–Crippen MR) is 169 cm³/mol. The molecule has 11 nitrogen and oxygen atoms in total. The topological polar surface area (TPSA) is 121 Å². The number of likely N-dealkylation sites (tertiary alicyclic amines) is 2. The number of benzene rings is 2. The van der Waals surface area contributed by atoms with Crippen molar-refractivity contribution in [3.05, 3.63) is 71.4 Å². The van der Waals surface area contributed by atoms with Crippen molar-refractivity contribution in [2.75, 3.05) is 38.5 Å². The summed E-state index contributed by atoms with van der Waals surface area (Å²) in [5, 5.41) is 0. The Bertz CT molecular complexity index is 1640. The van der Waals surface area contributed by atoms with E-state index in [1.807, 2.05) is 80.3 Å². The zero-order chi connectivity index (χ0) is 30.8. The summed E-state index contributed by atoms with van der Waals surface area (Å²) in [5.41, 5.74) is 7.44. The molecule has 0 saturated carbocycles. The first-order valence-electron chi connectivity index (χ1n) is 15.4. The smallest absolute Gasteiger partial charge is 0.410 e. The van der Waals surface area contributed by atoms with Crippen molar-refractivity contribution in [2.24, 2.45) is 5.92 Å². The molecule has 44 heavy (non-hydrogen) atoms. The van der Waals surface area contributed by atoms with E-state index in [4.69, 9.17) is 15.2 Å². The molecule has 6 rings (SSSR count). The third-order valence-corrected chi connectivity index (χ3v) is 8.46. The second-order valence-electron chi connectivity index (χ2n) is 12.8. The summed E-state index contributed by atoms with van der Waals surface area (Å²) in [5.74, 6) is 2.22. The minimum Gasteiger partial charge on any atom is -0.457 e. The first-order chi connectivity index (χ1) is 21.2. The van der Waals surface area contributed by atoms with E-state index < -0.39 is 5.60 Å². The minimum absolute atomic E-state index is 0.00602. The molecule has 2 saturated heterocycles. The quantitative estimate of drug-likeness (QED) is 0.320. The van der Waals surface area contributed by atoms with Gasteiger partial charge in [-0.15, -0.1) is 0 Å². The highest BCUT2D eigenvalue weighted by atomic mass is 16.6. The van der Waals surface area contributed by atoms with E-state index in [1.165, 1.54) is 6.33 Å². The molecule has 0 unspecified atom stereocenters. The third-order valence-electron chi connectivity index (χ3n) is 8.46. The number of nitrogens with zero attached hydrogens (tertiary/aromatic N) is 6. The van der Waals surface area contributed by atoms with Gasteiger partial charge in [-0.3, -0.25) is 9.13 Å². The first kappa shape index (κ1) is 29.7. The van der Waals surface area contributed by atoms with Crippen LogP contribution in [0.4, 0.5) is 10.6 Å². The van der Waals surface area contributed by atoms with Crippen LogP contribution in [0.25, 0.3) is 16.9 Å². The van der Waals surface area contributed by atoms with Gasteiger partial charge in [0.1, 0.15) is 28.9 Å². The van der Waals surface area contributed by atoms with Gasteiger partial charge in [0.2, 0.25) is 0 Å². The summed E-state index contributed by atoms with van der Waals surface area (Å²) in [6, 6.07) is 17.0. The molecule has 2 N–H and O–H groups in total.